The summed E-state index contributed by atoms with van der Waals surface area (Å²) in [5, 5.41) is 2.95. The van der Waals surface area contributed by atoms with Gasteiger partial charge in [0.25, 0.3) is 5.91 Å². The lowest BCUT2D eigenvalue weighted by atomic mass is 9.98. The number of likely N-dealkylation sites (tertiary alicyclic amines) is 1. The van der Waals surface area contributed by atoms with Crippen LogP contribution in [0.25, 0.3) is 0 Å². The summed E-state index contributed by atoms with van der Waals surface area (Å²) in [5.74, 6) is 2.62. The number of benzene rings is 1. The van der Waals surface area contributed by atoms with E-state index >= 15 is 0 Å². The molecule has 0 bridgehead atoms. The second kappa shape index (κ2) is 10.3. The molecule has 2 fully saturated rings. The lowest BCUT2D eigenvalue weighted by molar-refractivity contribution is -0.117. The predicted molar refractivity (Wildman–Crippen MR) is 116 cm³/mol. The first kappa shape index (κ1) is 21.1. The topological polar surface area (TPSA) is 55.9 Å². The molecule has 0 saturated carbocycles. The molecule has 1 N–H and O–H groups in total. The van der Waals surface area contributed by atoms with Crippen LogP contribution < -0.4 is 5.32 Å². The molecule has 154 valence electrons. The number of piperidine rings is 1. The number of carbonyl (C=O) groups is 2. The van der Waals surface area contributed by atoms with Crippen molar-refractivity contribution in [2.24, 2.45) is 5.92 Å². The number of rotatable bonds is 6. The van der Waals surface area contributed by atoms with E-state index in [1.54, 1.807) is 6.07 Å². The highest BCUT2D eigenvalue weighted by Crippen LogP contribution is 2.17. The summed E-state index contributed by atoms with van der Waals surface area (Å²) in [6, 6.07) is 7.30. The summed E-state index contributed by atoms with van der Waals surface area (Å²) >= 11 is 1.88. The molecular weight excluding hydrogens is 372 g/mol. The van der Waals surface area contributed by atoms with Crippen molar-refractivity contribution in [3.8, 4) is 0 Å². The van der Waals surface area contributed by atoms with Crippen molar-refractivity contribution in [1.82, 2.24) is 14.7 Å². The van der Waals surface area contributed by atoms with E-state index < -0.39 is 0 Å². The Labute approximate surface area is 172 Å². The minimum atomic E-state index is -0.0364. The minimum Gasteiger partial charge on any atom is -0.337 e. The molecule has 0 spiro atoms. The summed E-state index contributed by atoms with van der Waals surface area (Å²) in [5.41, 5.74) is 1.33. The van der Waals surface area contributed by atoms with Crippen molar-refractivity contribution in [2.45, 2.75) is 12.8 Å². The highest BCUT2D eigenvalue weighted by molar-refractivity contribution is 7.99. The Balaban J connectivity index is 1.50. The zero-order valence-corrected chi connectivity index (χ0v) is 17.8. The average Bonchev–Trinajstić information content (AvgIpc) is 2.68. The molecule has 2 amide bonds. The second-order valence-electron chi connectivity index (χ2n) is 8.00. The maximum Gasteiger partial charge on any atom is 0.253 e. The van der Waals surface area contributed by atoms with Gasteiger partial charge in [-0.25, -0.2) is 0 Å². The fourth-order valence-corrected chi connectivity index (χ4v) is 4.96. The SMILES string of the molecule is CN1CCCC(CN(C)CC(=O)Nc2cccc(C(=O)N3CCSCC3)c2)C1. The van der Waals surface area contributed by atoms with Crippen LogP contribution in [0.15, 0.2) is 24.3 Å². The first-order valence-corrected chi connectivity index (χ1v) is 11.3. The van der Waals surface area contributed by atoms with Crippen LogP contribution in [0.4, 0.5) is 5.69 Å². The van der Waals surface area contributed by atoms with E-state index in [4.69, 9.17) is 0 Å². The molecular formula is C21H32N4O2S. The van der Waals surface area contributed by atoms with Gasteiger partial charge in [-0.3, -0.25) is 14.5 Å². The molecule has 2 aliphatic rings. The fourth-order valence-electron chi connectivity index (χ4n) is 4.05. The van der Waals surface area contributed by atoms with Crippen LogP contribution in [0, 0.1) is 5.92 Å². The van der Waals surface area contributed by atoms with Crippen molar-refractivity contribution < 1.29 is 9.59 Å². The van der Waals surface area contributed by atoms with Gasteiger partial charge in [0, 0.05) is 48.9 Å². The van der Waals surface area contributed by atoms with Gasteiger partial charge < -0.3 is 15.1 Å². The summed E-state index contributed by atoms with van der Waals surface area (Å²) in [7, 11) is 4.17. The Morgan fingerprint density at radius 1 is 1.25 bits per heavy atom. The normalized spacial score (nSPS) is 21.0. The lowest BCUT2D eigenvalue weighted by Gasteiger charge is -2.32. The fraction of sp³-hybridized carbons (Fsp3) is 0.619. The summed E-state index contributed by atoms with van der Waals surface area (Å²) in [4.78, 5) is 31.5. The van der Waals surface area contributed by atoms with Crippen LogP contribution in [0.1, 0.15) is 23.2 Å². The van der Waals surface area contributed by atoms with Gasteiger partial charge in [-0.2, -0.15) is 11.8 Å². The lowest BCUT2D eigenvalue weighted by Crippen LogP contribution is -2.40. The first-order chi connectivity index (χ1) is 13.5. The van der Waals surface area contributed by atoms with E-state index in [0.717, 1.165) is 37.7 Å². The molecule has 2 heterocycles. The van der Waals surface area contributed by atoms with Crippen LogP contribution >= 0.6 is 11.8 Å². The highest BCUT2D eigenvalue weighted by Gasteiger charge is 2.20. The minimum absolute atomic E-state index is 0.0364. The molecule has 2 saturated heterocycles. The van der Waals surface area contributed by atoms with Crippen molar-refractivity contribution in [1.29, 1.82) is 0 Å². The molecule has 1 aromatic rings. The molecule has 6 nitrogen and oxygen atoms in total. The van der Waals surface area contributed by atoms with Crippen molar-refractivity contribution in [2.75, 3.05) is 70.2 Å². The van der Waals surface area contributed by atoms with Gasteiger partial charge in [-0.15, -0.1) is 0 Å². The van der Waals surface area contributed by atoms with Gasteiger partial charge in [0.2, 0.25) is 5.91 Å². The van der Waals surface area contributed by atoms with E-state index in [9.17, 15) is 9.59 Å². The predicted octanol–water partition coefficient (Wildman–Crippen LogP) is 2.09. The van der Waals surface area contributed by atoms with Crippen LogP contribution in [-0.4, -0.2) is 91.4 Å². The summed E-state index contributed by atoms with van der Waals surface area (Å²) in [6.45, 7) is 5.16. The number of thioether (sulfide) groups is 1. The molecule has 1 aromatic carbocycles. The van der Waals surface area contributed by atoms with E-state index in [1.165, 1.54) is 19.4 Å². The van der Waals surface area contributed by atoms with Crippen LogP contribution in [-0.2, 0) is 4.79 Å². The summed E-state index contributed by atoms with van der Waals surface area (Å²) in [6.07, 6.45) is 2.47. The average molecular weight is 405 g/mol. The summed E-state index contributed by atoms with van der Waals surface area (Å²) < 4.78 is 0. The maximum absolute atomic E-state index is 12.7. The molecule has 0 radical (unpaired) electrons. The number of anilines is 1. The quantitative estimate of drug-likeness (QED) is 0.787. The Morgan fingerprint density at radius 3 is 2.79 bits per heavy atom. The van der Waals surface area contributed by atoms with E-state index in [-0.39, 0.29) is 11.8 Å². The molecule has 2 aliphatic heterocycles. The van der Waals surface area contributed by atoms with Gasteiger partial charge >= 0.3 is 0 Å². The van der Waals surface area contributed by atoms with Gasteiger partial charge in [0.1, 0.15) is 0 Å². The van der Waals surface area contributed by atoms with Crippen LogP contribution in [0.3, 0.4) is 0 Å². The zero-order chi connectivity index (χ0) is 19.9. The van der Waals surface area contributed by atoms with Crippen LogP contribution in [0.2, 0.25) is 0 Å². The molecule has 7 heteroatoms. The standard InChI is InChI=1S/C21H32N4O2S/c1-23-8-4-5-17(14-23)15-24(2)16-20(26)22-19-7-3-6-18(13-19)21(27)25-9-11-28-12-10-25/h3,6-7,13,17H,4-5,8-12,14-16H2,1-2H3,(H,22,26). The number of likely N-dealkylation sites (N-methyl/N-ethyl adjacent to an activating group) is 1. The largest absolute Gasteiger partial charge is 0.337 e. The molecule has 1 atom stereocenters. The van der Waals surface area contributed by atoms with Gasteiger partial charge in [-0.1, -0.05) is 6.07 Å². The second-order valence-corrected chi connectivity index (χ2v) is 9.23. The number of carbonyl (C=O) groups excluding carboxylic acids is 2. The van der Waals surface area contributed by atoms with Crippen molar-refractivity contribution >= 4 is 29.3 Å². The van der Waals surface area contributed by atoms with E-state index in [1.807, 2.05) is 41.9 Å². The third-order valence-electron chi connectivity index (χ3n) is 5.40. The third-order valence-corrected chi connectivity index (χ3v) is 6.34. The number of amides is 2. The monoisotopic (exact) mass is 404 g/mol. The molecule has 0 aromatic heterocycles. The molecule has 1 unspecified atom stereocenters. The highest BCUT2D eigenvalue weighted by atomic mass is 32.2. The van der Waals surface area contributed by atoms with Gasteiger partial charge in [0.15, 0.2) is 0 Å². The molecule has 28 heavy (non-hydrogen) atoms. The Bertz CT molecular complexity index is 678. The van der Waals surface area contributed by atoms with Gasteiger partial charge in [-0.05, 0) is 57.6 Å². The number of hydrogen-bond acceptors (Lipinski definition) is 5. The van der Waals surface area contributed by atoms with Crippen molar-refractivity contribution in [3.63, 3.8) is 0 Å². The number of nitrogens with one attached hydrogen (secondary N) is 1. The Kier molecular flexibility index (Phi) is 7.76. The Morgan fingerprint density at radius 2 is 2.04 bits per heavy atom. The number of hydrogen-bond donors (Lipinski definition) is 1. The van der Waals surface area contributed by atoms with Crippen molar-refractivity contribution in [3.05, 3.63) is 29.8 Å². The van der Waals surface area contributed by atoms with Gasteiger partial charge in [0.05, 0.1) is 6.54 Å². The molecule has 3 rings (SSSR count). The van der Waals surface area contributed by atoms with Crippen LogP contribution in [0.5, 0.6) is 0 Å². The first-order valence-electron chi connectivity index (χ1n) is 10.2. The smallest absolute Gasteiger partial charge is 0.253 e. The van der Waals surface area contributed by atoms with E-state index in [2.05, 4.69) is 22.2 Å². The number of nitrogens with zero attached hydrogens (tertiary/aromatic N) is 3. The molecule has 0 aliphatic carbocycles. The Hall–Kier alpha value is -1.57. The maximum atomic E-state index is 12.7. The zero-order valence-electron chi connectivity index (χ0n) is 17.0. The third kappa shape index (κ3) is 6.22. The van der Waals surface area contributed by atoms with E-state index in [0.29, 0.717) is 23.7 Å².